The fourth-order valence-electron chi connectivity index (χ4n) is 1.50. The maximum Gasteiger partial charge on any atom is 0.224 e. The average molecular weight is 250 g/mol. The SMILES string of the molecule is CCCOc1ccc(NC(=O)CCCNC)cc1. The summed E-state index contributed by atoms with van der Waals surface area (Å²) in [7, 11) is 1.88. The molecule has 2 N–H and O–H groups in total. The lowest BCUT2D eigenvalue weighted by molar-refractivity contribution is -0.116. The molecule has 1 rings (SSSR count). The van der Waals surface area contributed by atoms with Gasteiger partial charge in [-0.15, -0.1) is 0 Å². The summed E-state index contributed by atoms with van der Waals surface area (Å²) in [6.07, 6.45) is 2.37. The summed E-state index contributed by atoms with van der Waals surface area (Å²) in [4.78, 5) is 11.6. The topological polar surface area (TPSA) is 50.4 Å². The van der Waals surface area contributed by atoms with Crippen LogP contribution in [0, 0.1) is 0 Å². The van der Waals surface area contributed by atoms with Gasteiger partial charge in [-0.05, 0) is 50.7 Å². The molecule has 18 heavy (non-hydrogen) atoms. The van der Waals surface area contributed by atoms with E-state index in [1.54, 1.807) is 0 Å². The Kier molecular flexibility index (Phi) is 6.87. The molecule has 0 aromatic heterocycles. The van der Waals surface area contributed by atoms with Gasteiger partial charge in [0.25, 0.3) is 0 Å². The predicted octanol–water partition coefficient (Wildman–Crippen LogP) is 2.41. The molecule has 0 heterocycles. The first-order valence-corrected chi connectivity index (χ1v) is 6.43. The minimum Gasteiger partial charge on any atom is -0.494 e. The van der Waals surface area contributed by atoms with Crippen LogP contribution in [0.15, 0.2) is 24.3 Å². The van der Waals surface area contributed by atoms with E-state index in [4.69, 9.17) is 4.74 Å². The Balaban J connectivity index is 2.35. The van der Waals surface area contributed by atoms with E-state index in [2.05, 4.69) is 17.6 Å². The molecular weight excluding hydrogens is 228 g/mol. The zero-order chi connectivity index (χ0) is 13.2. The first-order chi connectivity index (χ1) is 8.76. The fraction of sp³-hybridized carbons (Fsp3) is 0.500. The van der Waals surface area contributed by atoms with Crippen molar-refractivity contribution >= 4 is 11.6 Å². The van der Waals surface area contributed by atoms with Gasteiger partial charge in [0.1, 0.15) is 5.75 Å². The van der Waals surface area contributed by atoms with Gasteiger partial charge in [-0.3, -0.25) is 4.79 Å². The molecule has 0 spiro atoms. The van der Waals surface area contributed by atoms with Gasteiger partial charge in [0.05, 0.1) is 6.61 Å². The van der Waals surface area contributed by atoms with E-state index in [0.29, 0.717) is 6.42 Å². The van der Waals surface area contributed by atoms with Crippen molar-refractivity contribution in [3.05, 3.63) is 24.3 Å². The molecule has 1 aromatic carbocycles. The van der Waals surface area contributed by atoms with Crippen molar-refractivity contribution in [2.24, 2.45) is 0 Å². The van der Waals surface area contributed by atoms with Crippen LogP contribution in [0.3, 0.4) is 0 Å². The van der Waals surface area contributed by atoms with Crippen molar-refractivity contribution < 1.29 is 9.53 Å². The number of hydrogen-bond acceptors (Lipinski definition) is 3. The number of hydrogen-bond donors (Lipinski definition) is 2. The number of nitrogens with one attached hydrogen (secondary N) is 2. The smallest absolute Gasteiger partial charge is 0.224 e. The number of rotatable bonds is 8. The normalized spacial score (nSPS) is 10.1. The van der Waals surface area contributed by atoms with E-state index in [0.717, 1.165) is 37.4 Å². The Morgan fingerprint density at radius 1 is 1.28 bits per heavy atom. The molecule has 0 radical (unpaired) electrons. The average Bonchev–Trinajstić information content (AvgIpc) is 2.38. The Labute approximate surface area is 109 Å². The third-order valence-electron chi connectivity index (χ3n) is 2.44. The lowest BCUT2D eigenvalue weighted by Gasteiger charge is -2.07. The minimum absolute atomic E-state index is 0.0486. The molecule has 0 aliphatic rings. The summed E-state index contributed by atoms with van der Waals surface area (Å²) < 4.78 is 5.47. The Morgan fingerprint density at radius 3 is 2.61 bits per heavy atom. The standard InChI is InChI=1S/C14H22N2O2/c1-3-11-18-13-8-6-12(7-9-13)16-14(17)5-4-10-15-2/h6-9,15H,3-5,10-11H2,1-2H3,(H,16,17). The number of amides is 1. The quantitative estimate of drug-likeness (QED) is 0.697. The minimum atomic E-state index is 0.0486. The number of ether oxygens (including phenoxy) is 1. The maximum atomic E-state index is 11.6. The van der Waals surface area contributed by atoms with Crippen molar-refractivity contribution in [2.75, 3.05) is 25.5 Å². The van der Waals surface area contributed by atoms with Crippen molar-refractivity contribution in [2.45, 2.75) is 26.2 Å². The van der Waals surface area contributed by atoms with E-state index < -0.39 is 0 Å². The van der Waals surface area contributed by atoms with E-state index in [9.17, 15) is 4.79 Å². The van der Waals surface area contributed by atoms with Crippen molar-refractivity contribution in [3.8, 4) is 5.75 Å². The van der Waals surface area contributed by atoms with Crippen LogP contribution in [0.4, 0.5) is 5.69 Å². The lowest BCUT2D eigenvalue weighted by Crippen LogP contribution is -2.15. The highest BCUT2D eigenvalue weighted by Crippen LogP contribution is 2.16. The van der Waals surface area contributed by atoms with Crippen LogP contribution in [-0.2, 0) is 4.79 Å². The summed E-state index contributed by atoms with van der Waals surface area (Å²) in [6.45, 7) is 3.65. The highest BCUT2D eigenvalue weighted by atomic mass is 16.5. The Bertz CT molecular complexity index is 349. The fourth-order valence-corrected chi connectivity index (χ4v) is 1.50. The summed E-state index contributed by atoms with van der Waals surface area (Å²) in [5.74, 6) is 0.887. The van der Waals surface area contributed by atoms with Crippen LogP contribution in [0.5, 0.6) is 5.75 Å². The summed E-state index contributed by atoms with van der Waals surface area (Å²) in [6, 6.07) is 7.47. The molecular formula is C14H22N2O2. The molecule has 0 fully saturated rings. The molecule has 0 atom stereocenters. The molecule has 1 amide bonds. The molecule has 4 heteroatoms. The molecule has 100 valence electrons. The van der Waals surface area contributed by atoms with E-state index in [-0.39, 0.29) is 5.91 Å². The van der Waals surface area contributed by atoms with Crippen molar-refractivity contribution in [1.82, 2.24) is 5.32 Å². The van der Waals surface area contributed by atoms with Gasteiger partial charge in [-0.1, -0.05) is 6.92 Å². The van der Waals surface area contributed by atoms with E-state index in [1.807, 2.05) is 31.3 Å². The largest absolute Gasteiger partial charge is 0.494 e. The second-order valence-electron chi connectivity index (χ2n) is 4.13. The third kappa shape index (κ3) is 5.68. The van der Waals surface area contributed by atoms with Gasteiger partial charge < -0.3 is 15.4 Å². The van der Waals surface area contributed by atoms with Gasteiger partial charge in [-0.2, -0.15) is 0 Å². The number of carbonyl (C=O) groups is 1. The zero-order valence-electron chi connectivity index (χ0n) is 11.2. The molecule has 0 aliphatic carbocycles. The van der Waals surface area contributed by atoms with Gasteiger partial charge in [0.2, 0.25) is 5.91 Å². The monoisotopic (exact) mass is 250 g/mol. The second kappa shape index (κ2) is 8.53. The summed E-state index contributed by atoms with van der Waals surface area (Å²) in [5.41, 5.74) is 0.813. The Hall–Kier alpha value is -1.55. The lowest BCUT2D eigenvalue weighted by atomic mass is 10.2. The molecule has 0 saturated heterocycles. The molecule has 0 saturated carbocycles. The number of carbonyl (C=O) groups excluding carboxylic acids is 1. The first-order valence-electron chi connectivity index (χ1n) is 6.43. The highest BCUT2D eigenvalue weighted by Gasteiger charge is 2.02. The predicted molar refractivity (Wildman–Crippen MR) is 74.0 cm³/mol. The number of benzene rings is 1. The van der Waals surface area contributed by atoms with E-state index >= 15 is 0 Å². The van der Waals surface area contributed by atoms with Crippen LogP contribution in [0.1, 0.15) is 26.2 Å². The molecule has 1 aromatic rings. The summed E-state index contributed by atoms with van der Waals surface area (Å²) >= 11 is 0. The number of anilines is 1. The summed E-state index contributed by atoms with van der Waals surface area (Å²) in [5, 5.41) is 5.88. The van der Waals surface area contributed by atoms with E-state index in [1.165, 1.54) is 0 Å². The van der Waals surface area contributed by atoms with Gasteiger partial charge in [0.15, 0.2) is 0 Å². The van der Waals surface area contributed by atoms with Gasteiger partial charge in [-0.25, -0.2) is 0 Å². The van der Waals surface area contributed by atoms with Gasteiger partial charge in [0, 0.05) is 12.1 Å². The Morgan fingerprint density at radius 2 is 2.00 bits per heavy atom. The molecule has 0 bridgehead atoms. The maximum absolute atomic E-state index is 11.6. The van der Waals surface area contributed by atoms with Crippen molar-refractivity contribution in [1.29, 1.82) is 0 Å². The molecule has 0 unspecified atom stereocenters. The van der Waals surface area contributed by atoms with Gasteiger partial charge >= 0.3 is 0 Å². The zero-order valence-corrected chi connectivity index (χ0v) is 11.2. The molecule has 4 nitrogen and oxygen atoms in total. The van der Waals surface area contributed by atoms with Crippen LogP contribution in [0.2, 0.25) is 0 Å². The third-order valence-corrected chi connectivity index (χ3v) is 2.44. The van der Waals surface area contributed by atoms with Crippen LogP contribution in [-0.4, -0.2) is 26.1 Å². The van der Waals surface area contributed by atoms with Crippen molar-refractivity contribution in [3.63, 3.8) is 0 Å². The van der Waals surface area contributed by atoms with Crippen LogP contribution in [0.25, 0.3) is 0 Å². The van der Waals surface area contributed by atoms with Crippen LogP contribution < -0.4 is 15.4 Å². The highest BCUT2D eigenvalue weighted by molar-refractivity contribution is 5.90. The second-order valence-corrected chi connectivity index (χ2v) is 4.13. The molecule has 0 aliphatic heterocycles. The van der Waals surface area contributed by atoms with Crippen LogP contribution >= 0.6 is 0 Å². The first kappa shape index (κ1) is 14.5.